The number of nitrogens with one attached hydrogen (secondary N) is 2. The summed E-state index contributed by atoms with van der Waals surface area (Å²) >= 11 is 0. The van der Waals surface area contributed by atoms with Crippen LogP contribution in [0.15, 0.2) is 12.2 Å². The predicted octanol–water partition coefficient (Wildman–Crippen LogP) is 4.05. The molecule has 0 saturated carbocycles. The Kier molecular flexibility index (Phi) is 21.2. The fraction of sp³-hybridized carbons (Fsp3) is 0.793. The summed E-state index contributed by atoms with van der Waals surface area (Å²) in [6.45, 7) is 4.75. The summed E-state index contributed by atoms with van der Waals surface area (Å²) in [6, 6.07) is 0. The lowest BCUT2D eigenvalue weighted by molar-refractivity contribution is -0.137. The van der Waals surface area contributed by atoms with Gasteiger partial charge in [-0.2, -0.15) is 0 Å². The van der Waals surface area contributed by atoms with Gasteiger partial charge in [0, 0.05) is 44.6 Å². The van der Waals surface area contributed by atoms with Gasteiger partial charge in [-0.25, -0.2) is 0 Å². The van der Waals surface area contributed by atoms with Gasteiger partial charge >= 0.3 is 0 Å². The Morgan fingerprint density at radius 3 is 1.53 bits per heavy atom. The number of carbonyl (C=O) groups excluding carboxylic acids is 4. The van der Waals surface area contributed by atoms with E-state index in [-0.39, 0.29) is 36.6 Å². The monoisotopic (exact) mass is 537 g/mol. The van der Waals surface area contributed by atoms with Crippen LogP contribution in [0.2, 0.25) is 0 Å². The third kappa shape index (κ3) is 18.9. The highest BCUT2D eigenvalue weighted by Gasteiger charge is 2.23. The highest BCUT2D eigenvalue weighted by Crippen LogP contribution is 2.13. The zero-order valence-electron chi connectivity index (χ0n) is 23.6. The number of imide groups is 1. The molecule has 0 unspecified atom stereocenters. The quantitative estimate of drug-likeness (QED) is 0.127. The van der Waals surface area contributed by atoms with E-state index in [0.717, 1.165) is 17.7 Å². The Bertz CT molecular complexity index is 680. The van der Waals surface area contributed by atoms with E-state index in [1.165, 1.54) is 82.8 Å². The number of nitrogens with zero attached hydrogens (tertiary/aromatic N) is 1. The molecular weight excluding hydrogens is 486 g/mol. The van der Waals surface area contributed by atoms with Crippen LogP contribution in [0, 0.1) is 0 Å². The Hall–Kier alpha value is -2.26. The molecule has 1 aliphatic heterocycles. The molecule has 1 heterocycles. The summed E-state index contributed by atoms with van der Waals surface area (Å²) < 4.78 is 10.8. The van der Waals surface area contributed by atoms with Gasteiger partial charge in [0.2, 0.25) is 11.8 Å². The average Bonchev–Trinajstić information content (AvgIpc) is 3.23. The number of amides is 4. The van der Waals surface area contributed by atoms with Gasteiger partial charge in [-0.1, -0.05) is 84.0 Å². The first-order valence-electron chi connectivity index (χ1n) is 14.8. The van der Waals surface area contributed by atoms with Crippen LogP contribution in [0.5, 0.6) is 0 Å². The first-order chi connectivity index (χ1) is 18.5. The van der Waals surface area contributed by atoms with Crippen molar-refractivity contribution in [2.75, 3.05) is 46.1 Å². The lowest BCUT2D eigenvalue weighted by Crippen LogP contribution is -2.35. The summed E-state index contributed by atoms with van der Waals surface area (Å²) in [5.41, 5.74) is 0. The van der Waals surface area contributed by atoms with Gasteiger partial charge in [0.15, 0.2) is 0 Å². The van der Waals surface area contributed by atoms with Gasteiger partial charge in [0.25, 0.3) is 11.8 Å². The van der Waals surface area contributed by atoms with E-state index in [9.17, 15) is 19.2 Å². The fourth-order valence-corrected chi connectivity index (χ4v) is 4.19. The van der Waals surface area contributed by atoms with E-state index in [4.69, 9.17) is 9.47 Å². The molecule has 0 fully saturated rings. The van der Waals surface area contributed by atoms with Gasteiger partial charge < -0.3 is 20.1 Å². The highest BCUT2D eigenvalue weighted by molar-refractivity contribution is 6.13. The topological polar surface area (TPSA) is 114 Å². The Morgan fingerprint density at radius 2 is 1.05 bits per heavy atom. The van der Waals surface area contributed by atoms with Crippen molar-refractivity contribution in [2.24, 2.45) is 0 Å². The molecule has 9 heteroatoms. The lowest BCUT2D eigenvalue weighted by atomic mass is 10.0. The molecule has 38 heavy (non-hydrogen) atoms. The summed E-state index contributed by atoms with van der Waals surface area (Å²) in [4.78, 5) is 47.5. The van der Waals surface area contributed by atoms with E-state index < -0.39 is 0 Å². The summed E-state index contributed by atoms with van der Waals surface area (Å²) in [5, 5.41) is 5.57. The van der Waals surface area contributed by atoms with Crippen molar-refractivity contribution in [1.82, 2.24) is 15.5 Å². The lowest BCUT2D eigenvalue weighted by Gasteiger charge is -2.13. The normalized spacial score (nSPS) is 12.9. The molecular formula is C29H51N3O6. The van der Waals surface area contributed by atoms with E-state index in [1.807, 2.05) is 0 Å². The number of hydrogen-bond donors (Lipinski definition) is 2. The van der Waals surface area contributed by atoms with Gasteiger partial charge in [0.05, 0.1) is 26.4 Å². The molecule has 0 saturated heterocycles. The van der Waals surface area contributed by atoms with E-state index >= 15 is 0 Å². The van der Waals surface area contributed by atoms with Crippen LogP contribution >= 0.6 is 0 Å². The molecule has 0 aliphatic carbocycles. The zero-order valence-corrected chi connectivity index (χ0v) is 23.6. The number of hydrogen-bond acceptors (Lipinski definition) is 6. The smallest absolute Gasteiger partial charge is 0.253 e. The van der Waals surface area contributed by atoms with Crippen molar-refractivity contribution in [3.8, 4) is 0 Å². The maximum atomic E-state index is 11.9. The average molecular weight is 538 g/mol. The van der Waals surface area contributed by atoms with Crippen molar-refractivity contribution in [2.45, 2.75) is 103 Å². The molecule has 1 rings (SSSR count). The van der Waals surface area contributed by atoms with E-state index in [2.05, 4.69) is 17.6 Å². The molecule has 0 aromatic rings. The molecule has 0 aromatic heterocycles. The second-order valence-corrected chi connectivity index (χ2v) is 9.83. The summed E-state index contributed by atoms with van der Waals surface area (Å²) in [6.07, 6.45) is 19.9. The second kappa shape index (κ2) is 23.8. The largest absolute Gasteiger partial charge is 0.377 e. The summed E-state index contributed by atoms with van der Waals surface area (Å²) in [7, 11) is 0. The minimum absolute atomic E-state index is 0.0628. The zero-order chi connectivity index (χ0) is 27.7. The van der Waals surface area contributed by atoms with Crippen LogP contribution in [0.25, 0.3) is 0 Å². The van der Waals surface area contributed by atoms with Crippen LogP contribution in [0.1, 0.15) is 103 Å². The van der Waals surface area contributed by atoms with Gasteiger partial charge in [-0.15, -0.1) is 0 Å². The first kappa shape index (κ1) is 33.8. The van der Waals surface area contributed by atoms with Crippen LogP contribution in [-0.2, 0) is 28.7 Å². The standard InChI is InChI=1S/C29H51N3O6/c1-2-3-4-5-6-7-8-9-10-11-12-13-14-15-26(33)30-19-22-37-24-25-38-23-20-31-27(34)18-21-32-28(35)16-17-29(32)36/h16-17H,2-15,18-25H2,1H3,(H,30,33)(H,31,34). The van der Waals surface area contributed by atoms with E-state index in [1.54, 1.807) is 0 Å². The molecule has 0 radical (unpaired) electrons. The number of carbonyl (C=O) groups is 4. The Balaban J connectivity index is 1.76. The second-order valence-electron chi connectivity index (χ2n) is 9.83. The molecule has 0 bridgehead atoms. The third-order valence-electron chi connectivity index (χ3n) is 6.48. The molecule has 0 spiro atoms. The van der Waals surface area contributed by atoms with Gasteiger partial charge in [-0.3, -0.25) is 24.1 Å². The van der Waals surface area contributed by atoms with Crippen molar-refractivity contribution in [3.05, 3.63) is 12.2 Å². The first-order valence-corrected chi connectivity index (χ1v) is 14.8. The maximum absolute atomic E-state index is 11.9. The Morgan fingerprint density at radius 1 is 0.632 bits per heavy atom. The predicted molar refractivity (Wildman–Crippen MR) is 148 cm³/mol. The van der Waals surface area contributed by atoms with Crippen molar-refractivity contribution < 1.29 is 28.7 Å². The van der Waals surface area contributed by atoms with Crippen molar-refractivity contribution in [1.29, 1.82) is 0 Å². The van der Waals surface area contributed by atoms with Crippen LogP contribution in [0.3, 0.4) is 0 Å². The van der Waals surface area contributed by atoms with Crippen molar-refractivity contribution in [3.63, 3.8) is 0 Å². The third-order valence-corrected chi connectivity index (χ3v) is 6.48. The van der Waals surface area contributed by atoms with Gasteiger partial charge in [-0.05, 0) is 6.42 Å². The molecule has 0 aromatic carbocycles. The number of ether oxygens (including phenoxy) is 2. The molecule has 218 valence electrons. The molecule has 0 atom stereocenters. The van der Waals surface area contributed by atoms with Gasteiger partial charge in [0.1, 0.15) is 0 Å². The van der Waals surface area contributed by atoms with E-state index in [0.29, 0.717) is 45.9 Å². The molecule has 2 N–H and O–H groups in total. The molecule has 4 amide bonds. The van der Waals surface area contributed by atoms with Crippen LogP contribution in [0.4, 0.5) is 0 Å². The maximum Gasteiger partial charge on any atom is 0.253 e. The highest BCUT2D eigenvalue weighted by atomic mass is 16.5. The minimum atomic E-state index is -0.388. The SMILES string of the molecule is CCCCCCCCCCCCCCCC(=O)NCCOCCOCCNC(=O)CCN1C(=O)C=CC1=O. The van der Waals surface area contributed by atoms with Crippen LogP contribution < -0.4 is 10.6 Å². The number of rotatable bonds is 26. The molecule has 1 aliphatic rings. The number of unbranched alkanes of at least 4 members (excludes halogenated alkanes) is 12. The van der Waals surface area contributed by atoms with Crippen LogP contribution in [-0.4, -0.2) is 74.6 Å². The van der Waals surface area contributed by atoms with Crippen molar-refractivity contribution >= 4 is 23.6 Å². The fourth-order valence-electron chi connectivity index (χ4n) is 4.19. The molecule has 9 nitrogen and oxygen atoms in total. The summed E-state index contributed by atoms with van der Waals surface area (Å²) in [5.74, 6) is -0.939. The Labute approximate surface area is 229 Å². The minimum Gasteiger partial charge on any atom is -0.377 e.